The summed E-state index contributed by atoms with van der Waals surface area (Å²) in [7, 11) is 2.70. The average Bonchev–Trinajstić information content (AvgIpc) is 2.28. The van der Waals surface area contributed by atoms with Gasteiger partial charge in [-0.25, -0.2) is 5.48 Å². The monoisotopic (exact) mass is 189 g/mol. The lowest BCUT2D eigenvalue weighted by atomic mass is 9.99. The van der Waals surface area contributed by atoms with Gasteiger partial charge in [-0.2, -0.15) is 0 Å². The number of hydrogen-bond acceptors (Lipinski definition) is 2. The molecule has 1 fully saturated rings. The maximum Gasteiger partial charge on any atom is 0.247 e. The molecule has 3 unspecified atom stereocenters. The summed E-state index contributed by atoms with van der Waals surface area (Å²) in [5.41, 5.74) is 2.07. The molecule has 1 amide bonds. The van der Waals surface area contributed by atoms with Crippen molar-refractivity contribution in [2.24, 2.45) is 5.92 Å². The molecule has 1 saturated carbocycles. The van der Waals surface area contributed by atoms with Gasteiger partial charge in [-0.1, -0.05) is 19.3 Å². The van der Waals surface area contributed by atoms with E-state index in [9.17, 15) is 4.79 Å². The molecule has 0 bridgehead atoms. The molecule has 0 aromatic rings. The molecule has 0 saturated heterocycles. The fraction of sp³-hybridized carbons (Fsp3) is 0.875. The zero-order chi connectivity index (χ0) is 8.97. The van der Waals surface area contributed by atoms with Crippen LogP contribution in [0.1, 0.15) is 32.1 Å². The fourth-order valence-electron chi connectivity index (χ4n) is 1.74. The Morgan fingerprint density at radius 3 is 2.67 bits per heavy atom. The summed E-state index contributed by atoms with van der Waals surface area (Å²) in [5, 5.41) is 8.49. The second-order valence-corrected chi connectivity index (χ2v) is 4.24. The number of rotatable bonds is 1. The Hall–Kier alpha value is -0.140. The SMILES string of the molecule is O=C(NO)C1CCCCCC1P. The Morgan fingerprint density at radius 2 is 2.00 bits per heavy atom. The zero-order valence-electron chi connectivity index (χ0n) is 7.12. The van der Waals surface area contributed by atoms with Crippen molar-refractivity contribution in [3.05, 3.63) is 0 Å². The highest BCUT2D eigenvalue weighted by molar-refractivity contribution is 7.17. The maximum absolute atomic E-state index is 11.2. The summed E-state index contributed by atoms with van der Waals surface area (Å²) in [6.07, 6.45) is 5.48. The average molecular weight is 189 g/mol. The first-order chi connectivity index (χ1) is 5.75. The van der Waals surface area contributed by atoms with Crippen LogP contribution in [-0.2, 0) is 4.79 Å². The van der Waals surface area contributed by atoms with Gasteiger partial charge in [-0.3, -0.25) is 10.0 Å². The van der Waals surface area contributed by atoms with Gasteiger partial charge in [-0.05, 0) is 18.5 Å². The second-order valence-electron chi connectivity index (χ2n) is 3.38. The third kappa shape index (κ3) is 2.43. The van der Waals surface area contributed by atoms with Gasteiger partial charge in [0, 0.05) is 5.92 Å². The van der Waals surface area contributed by atoms with E-state index < -0.39 is 0 Å². The van der Waals surface area contributed by atoms with Crippen molar-refractivity contribution in [1.29, 1.82) is 0 Å². The molecule has 70 valence electrons. The Kier molecular flexibility index (Phi) is 3.96. The third-order valence-corrected chi connectivity index (χ3v) is 3.31. The van der Waals surface area contributed by atoms with Crippen LogP contribution in [0.3, 0.4) is 0 Å². The van der Waals surface area contributed by atoms with E-state index in [1.54, 1.807) is 5.48 Å². The Balaban J connectivity index is 2.52. The topological polar surface area (TPSA) is 49.3 Å². The summed E-state index contributed by atoms with van der Waals surface area (Å²) in [4.78, 5) is 11.2. The predicted molar refractivity (Wildman–Crippen MR) is 50.0 cm³/mol. The zero-order valence-corrected chi connectivity index (χ0v) is 8.28. The van der Waals surface area contributed by atoms with E-state index in [4.69, 9.17) is 5.21 Å². The van der Waals surface area contributed by atoms with Gasteiger partial charge in [0.2, 0.25) is 5.91 Å². The Bertz CT molecular complexity index is 163. The minimum absolute atomic E-state index is 0.0116. The van der Waals surface area contributed by atoms with Crippen LogP contribution in [0.25, 0.3) is 0 Å². The van der Waals surface area contributed by atoms with Crippen molar-refractivity contribution < 1.29 is 10.0 Å². The lowest BCUT2D eigenvalue weighted by Gasteiger charge is -2.18. The van der Waals surface area contributed by atoms with Gasteiger partial charge in [-0.15, -0.1) is 9.24 Å². The van der Waals surface area contributed by atoms with Crippen molar-refractivity contribution in [1.82, 2.24) is 5.48 Å². The van der Waals surface area contributed by atoms with Crippen LogP contribution in [-0.4, -0.2) is 16.8 Å². The van der Waals surface area contributed by atoms with Crippen LogP contribution < -0.4 is 5.48 Å². The summed E-state index contributed by atoms with van der Waals surface area (Å²) in [6, 6.07) is 0. The molecule has 1 aliphatic carbocycles. The highest BCUT2D eigenvalue weighted by Gasteiger charge is 2.26. The van der Waals surface area contributed by atoms with Crippen LogP contribution in [0.15, 0.2) is 0 Å². The second kappa shape index (κ2) is 4.78. The van der Waals surface area contributed by atoms with Crippen LogP contribution in [0, 0.1) is 5.92 Å². The number of amides is 1. The lowest BCUT2D eigenvalue weighted by Crippen LogP contribution is -2.32. The van der Waals surface area contributed by atoms with Gasteiger partial charge >= 0.3 is 0 Å². The first kappa shape index (κ1) is 9.94. The number of carbonyl (C=O) groups excluding carboxylic acids is 1. The molecule has 3 nitrogen and oxygen atoms in total. The summed E-state index contributed by atoms with van der Waals surface area (Å²) < 4.78 is 0. The van der Waals surface area contributed by atoms with E-state index in [1.165, 1.54) is 12.8 Å². The van der Waals surface area contributed by atoms with Crippen LogP contribution in [0.2, 0.25) is 0 Å². The van der Waals surface area contributed by atoms with Crippen molar-refractivity contribution in [2.75, 3.05) is 0 Å². The maximum atomic E-state index is 11.2. The normalized spacial score (nSPS) is 30.8. The van der Waals surface area contributed by atoms with Gasteiger partial charge in [0.25, 0.3) is 0 Å². The molecule has 0 radical (unpaired) electrons. The molecule has 0 aliphatic heterocycles. The molecule has 3 atom stereocenters. The van der Waals surface area contributed by atoms with Crippen molar-refractivity contribution in [3.8, 4) is 0 Å². The fourth-order valence-corrected chi connectivity index (χ4v) is 2.35. The molecule has 1 aliphatic rings. The van der Waals surface area contributed by atoms with Gasteiger partial charge in [0.15, 0.2) is 0 Å². The summed E-state index contributed by atoms with van der Waals surface area (Å²) >= 11 is 0. The number of nitrogens with one attached hydrogen (secondary N) is 1. The van der Waals surface area contributed by atoms with Crippen LogP contribution >= 0.6 is 9.24 Å². The molecule has 12 heavy (non-hydrogen) atoms. The highest BCUT2D eigenvalue weighted by atomic mass is 31.0. The molecule has 0 heterocycles. The summed E-state index contributed by atoms with van der Waals surface area (Å²) in [6.45, 7) is 0. The van der Waals surface area contributed by atoms with Crippen molar-refractivity contribution in [3.63, 3.8) is 0 Å². The van der Waals surface area contributed by atoms with E-state index >= 15 is 0 Å². The minimum atomic E-state index is -0.225. The minimum Gasteiger partial charge on any atom is -0.289 e. The van der Waals surface area contributed by atoms with Crippen LogP contribution in [0.5, 0.6) is 0 Å². The molecule has 1 rings (SSSR count). The molecule has 0 spiro atoms. The number of hydroxylamine groups is 1. The molecular formula is C8H16NO2P. The highest BCUT2D eigenvalue weighted by Crippen LogP contribution is 2.28. The number of carbonyl (C=O) groups is 1. The van der Waals surface area contributed by atoms with Crippen molar-refractivity contribution >= 4 is 15.1 Å². The third-order valence-electron chi connectivity index (χ3n) is 2.52. The largest absolute Gasteiger partial charge is 0.289 e. The Labute approximate surface area is 75.1 Å². The van der Waals surface area contributed by atoms with Gasteiger partial charge in [0.05, 0.1) is 0 Å². The quantitative estimate of drug-likeness (QED) is 0.283. The Morgan fingerprint density at radius 1 is 1.33 bits per heavy atom. The van der Waals surface area contributed by atoms with Gasteiger partial charge in [0.1, 0.15) is 0 Å². The van der Waals surface area contributed by atoms with E-state index in [1.807, 2.05) is 0 Å². The molecule has 0 aromatic heterocycles. The molecule has 4 heteroatoms. The van der Waals surface area contributed by atoms with E-state index in [0.29, 0.717) is 5.66 Å². The smallest absolute Gasteiger partial charge is 0.247 e. The van der Waals surface area contributed by atoms with Crippen molar-refractivity contribution in [2.45, 2.75) is 37.8 Å². The first-order valence-electron chi connectivity index (χ1n) is 4.45. The van der Waals surface area contributed by atoms with E-state index in [0.717, 1.165) is 19.3 Å². The van der Waals surface area contributed by atoms with E-state index in [2.05, 4.69) is 9.24 Å². The van der Waals surface area contributed by atoms with Crippen LogP contribution in [0.4, 0.5) is 0 Å². The molecule has 0 aromatic carbocycles. The summed E-state index contributed by atoms with van der Waals surface area (Å²) in [5.74, 6) is -0.237. The molecule has 2 N–H and O–H groups in total. The lowest BCUT2D eigenvalue weighted by molar-refractivity contribution is -0.133. The predicted octanol–water partition coefficient (Wildman–Crippen LogP) is 1.32. The first-order valence-corrected chi connectivity index (χ1v) is 5.12. The standard InChI is InChI=1S/C8H16NO2P/c10-8(9-11)6-4-2-1-3-5-7(6)12/h6-7,11H,1-5,12H2,(H,9,10). The number of hydrogen-bond donors (Lipinski definition) is 2. The van der Waals surface area contributed by atoms with Gasteiger partial charge < -0.3 is 0 Å². The molecular weight excluding hydrogens is 173 g/mol. The van der Waals surface area contributed by atoms with E-state index in [-0.39, 0.29) is 11.8 Å².